The first-order chi connectivity index (χ1) is 7.38. The van der Waals surface area contributed by atoms with E-state index in [2.05, 4.69) is 40.7 Å². The molecule has 1 nitrogen and oxygen atoms in total. The summed E-state index contributed by atoms with van der Waals surface area (Å²) in [6, 6.07) is 0. The molecule has 0 aromatic heterocycles. The van der Waals surface area contributed by atoms with E-state index >= 15 is 0 Å². The zero-order chi connectivity index (χ0) is 12.0. The van der Waals surface area contributed by atoms with Gasteiger partial charge in [0.1, 0.15) is 0 Å². The smallest absolute Gasteiger partial charge is 0.0742 e. The Bertz CT molecular complexity index is 303. The first-order valence-corrected chi connectivity index (χ1v) is 6.72. The third-order valence-electron chi connectivity index (χ3n) is 4.94. The number of rotatable bonds is 3. The van der Waals surface area contributed by atoms with Crippen LogP contribution in [-0.4, -0.2) is 11.2 Å². The van der Waals surface area contributed by atoms with E-state index in [1.165, 1.54) is 31.3 Å². The van der Waals surface area contributed by atoms with Crippen molar-refractivity contribution in [3.8, 4) is 0 Å². The van der Waals surface area contributed by atoms with E-state index in [0.29, 0.717) is 0 Å². The highest BCUT2D eigenvalue weighted by Gasteiger charge is 2.63. The first-order valence-electron chi connectivity index (χ1n) is 6.72. The molecule has 4 atom stereocenters. The van der Waals surface area contributed by atoms with Crippen LogP contribution >= 0.6 is 0 Å². The highest BCUT2D eigenvalue weighted by Crippen LogP contribution is 2.60. The van der Waals surface area contributed by atoms with Gasteiger partial charge in [-0.1, -0.05) is 18.6 Å². The molecule has 92 valence electrons. The highest BCUT2D eigenvalue weighted by molar-refractivity contribution is 5.13. The van der Waals surface area contributed by atoms with Crippen molar-refractivity contribution >= 4 is 0 Å². The Hall–Kier alpha value is -0.300. The van der Waals surface area contributed by atoms with Crippen LogP contribution in [-0.2, 0) is 4.74 Å². The lowest BCUT2D eigenvalue weighted by molar-refractivity contribution is -0.310. The lowest BCUT2D eigenvalue weighted by Crippen LogP contribution is -2.64. The Kier molecular flexibility index (Phi) is 2.94. The number of hydrogen-bond acceptors (Lipinski definition) is 1. The van der Waals surface area contributed by atoms with Crippen molar-refractivity contribution in [2.24, 2.45) is 11.8 Å². The topological polar surface area (TPSA) is 9.23 Å². The van der Waals surface area contributed by atoms with Crippen molar-refractivity contribution in [1.29, 1.82) is 0 Å². The van der Waals surface area contributed by atoms with Gasteiger partial charge in [-0.2, -0.15) is 0 Å². The monoisotopic (exact) mass is 222 g/mol. The van der Waals surface area contributed by atoms with Gasteiger partial charge < -0.3 is 4.74 Å². The van der Waals surface area contributed by atoms with Crippen LogP contribution in [0.25, 0.3) is 0 Å². The van der Waals surface area contributed by atoms with Crippen molar-refractivity contribution in [2.75, 3.05) is 0 Å². The van der Waals surface area contributed by atoms with Crippen molar-refractivity contribution in [1.82, 2.24) is 0 Å². The molecule has 0 amide bonds. The molecular formula is C15H26O. The van der Waals surface area contributed by atoms with Crippen LogP contribution in [0.1, 0.15) is 60.3 Å². The predicted molar refractivity (Wildman–Crippen MR) is 68.4 cm³/mol. The molecule has 1 aliphatic heterocycles. The van der Waals surface area contributed by atoms with E-state index in [1.54, 1.807) is 0 Å². The summed E-state index contributed by atoms with van der Waals surface area (Å²) in [5.41, 5.74) is 1.77. The molecule has 0 aromatic rings. The fraction of sp³-hybridized carbons (Fsp3) is 0.867. The fourth-order valence-corrected chi connectivity index (χ4v) is 3.80. The Balaban J connectivity index is 1.95. The molecule has 2 aliphatic rings. The van der Waals surface area contributed by atoms with E-state index in [4.69, 9.17) is 4.74 Å². The van der Waals surface area contributed by atoms with E-state index in [-0.39, 0.29) is 11.2 Å². The molecule has 1 saturated carbocycles. The molecule has 0 radical (unpaired) electrons. The van der Waals surface area contributed by atoms with E-state index in [1.807, 2.05) is 0 Å². The van der Waals surface area contributed by atoms with Gasteiger partial charge in [-0.05, 0) is 59.3 Å². The van der Waals surface area contributed by atoms with Gasteiger partial charge in [0, 0.05) is 5.92 Å². The SMILES string of the molecule is CC(C)=CCC[C@@]1(C)O[C@]2(C)C1CC[C@H]2C. The third-order valence-corrected chi connectivity index (χ3v) is 4.94. The lowest BCUT2D eigenvalue weighted by Gasteiger charge is -2.59. The van der Waals surface area contributed by atoms with E-state index in [9.17, 15) is 0 Å². The van der Waals surface area contributed by atoms with E-state index in [0.717, 1.165) is 11.8 Å². The number of fused-ring (bicyclic) bond motifs is 1. The summed E-state index contributed by atoms with van der Waals surface area (Å²) in [5, 5.41) is 0. The van der Waals surface area contributed by atoms with Gasteiger partial charge >= 0.3 is 0 Å². The normalized spacial score (nSPS) is 46.1. The van der Waals surface area contributed by atoms with Gasteiger partial charge in [0.25, 0.3) is 0 Å². The second-order valence-electron chi connectivity index (χ2n) is 6.45. The zero-order valence-electron chi connectivity index (χ0n) is 11.5. The maximum Gasteiger partial charge on any atom is 0.0742 e. The molecule has 1 aliphatic carbocycles. The van der Waals surface area contributed by atoms with Crippen molar-refractivity contribution in [2.45, 2.75) is 71.5 Å². The summed E-state index contributed by atoms with van der Waals surface area (Å²) in [7, 11) is 0. The Morgan fingerprint density at radius 1 is 1.31 bits per heavy atom. The van der Waals surface area contributed by atoms with Crippen LogP contribution < -0.4 is 0 Å². The maximum absolute atomic E-state index is 6.30. The van der Waals surface area contributed by atoms with Gasteiger partial charge in [0.05, 0.1) is 11.2 Å². The van der Waals surface area contributed by atoms with Gasteiger partial charge in [0.15, 0.2) is 0 Å². The van der Waals surface area contributed by atoms with Crippen molar-refractivity contribution in [3.63, 3.8) is 0 Å². The van der Waals surface area contributed by atoms with Gasteiger partial charge in [-0.15, -0.1) is 0 Å². The van der Waals surface area contributed by atoms with Crippen LogP contribution in [0.5, 0.6) is 0 Å². The largest absolute Gasteiger partial charge is 0.368 e. The standard InChI is InChI=1S/C15H26O/c1-11(2)7-6-10-14(4)13-9-8-12(3)15(13,5)16-14/h7,12-13H,6,8-10H2,1-5H3/t12-,13?,14-,15+/m1/s1. The predicted octanol–water partition coefficient (Wildman–Crippen LogP) is 4.33. The summed E-state index contributed by atoms with van der Waals surface area (Å²) in [4.78, 5) is 0. The zero-order valence-corrected chi connectivity index (χ0v) is 11.5. The number of ether oxygens (including phenoxy) is 1. The maximum atomic E-state index is 6.30. The van der Waals surface area contributed by atoms with Crippen LogP contribution in [0.3, 0.4) is 0 Å². The van der Waals surface area contributed by atoms with Crippen LogP contribution in [0.4, 0.5) is 0 Å². The molecule has 0 aromatic carbocycles. The van der Waals surface area contributed by atoms with Gasteiger partial charge in [0.2, 0.25) is 0 Å². The average Bonchev–Trinajstić information content (AvgIpc) is 2.38. The third kappa shape index (κ3) is 1.73. The molecule has 1 saturated heterocycles. The summed E-state index contributed by atoms with van der Waals surface area (Å²) in [6.07, 6.45) is 7.40. The highest BCUT2D eigenvalue weighted by atomic mass is 16.6. The minimum atomic E-state index is 0.158. The minimum Gasteiger partial charge on any atom is -0.368 e. The van der Waals surface area contributed by atoms with Gasteiger partial charge in [-0.25, -0.2) is 0 Å². The van der Waals surface area contributed by atoms with Crippen LogP contribution in [0, 0.1) is 11.8 Å². The number of hydrogen-bond donors (Lipinski definition) is 0. The molecule has 1 heteroatoms. The van der Waals surface area contributed by atoms with E-state index < -0.39 is 0 Å². The van der Waals surface area contributed by atoms with Crippen LogP contribution in [0.2, 0.25) is 0 Å². The summed E-state index contributed by atoms with van der Waals surface area (Å²) in [5.74, 6) is 1.54. The second kappa shape index (κ2) is 3.87. The second-order valence-corrected chi connectivity index (χ2v) is 6.45. The Labute approximate surface area is 100 Å². The number of allylic oxidation sites excluding steroid dienone is 2. The molecule has 2 fully saturated rings. The fourth-order valence-electron chi connectivity index (χ4n) is 3.80. The minimum absolute atomic E-state index is 0.158. The van der Waals surface area contributed by atoms with Crippen molar-refractivity contribution in [3.05, 3.63) is 11.6 Å². The van der Waals surface area contributed by atoms with Gasteiger partial charge in [-0.3, -0.25) is 0 Å². The Morgan fingerprint density at radius 3 is 2.56 bits per heavy atom. The molecule has 0 N–H and O–H groups in total. The summed E-state index contributed by atoms with van der Waals surface area (Å²) >= 11 is 0. The van der Waals surface area contributed by atoms with Crippen LogP contribution in [0.15, 0.2) is 11.6 Å². The molecular weight excluding hydrogens is 196 g/mol. The summed E-state index contributed by atoms with van der Waals surface area (Å²) in [6.45, 7) is 11.3. The lowest BCUT2D eigenvalue weighted by atomic mass is 9.68. The molecule has 1 unspecified atom stereocenters. The average molecular weight is 222 g/mol. The first kappa shape index (κ1) is 12.2. The quantitative estimate of drug-likeness (QED) is 0.646. The summed E-state index contributed by atoms with van der Waals surface area (Å²) < 4.78 is 6.30. The molecule has 0 bridgehead atoms. The molecule has 1 heterocycles. The molecule has 16 heavy (non-hydrogen) atoms. The molecule has 2 rings (SSSR count). The van der Waals surface area contributed by atoms with Crippen molar-refractivity contribution < 1.29 is 4.74 Å². The molecule has 0 spiro atoms. The Morgan fingerprint density at radius 2 is 2.00 bits per heavy atom.